The smallest absolute Gasteiger partial charge is 0.408 e. The van der Waals surface area contributed by atoms with Crippen LogP contribution in [0.4, 0.5) is 4.79 Å². The van der Waals surface area contributed by atoms with Gasteiger partial charge in [-0.2, -0.15) is 0 Å². The molecule has 4 nitrogen and oxygen atoms in total. The summed E-state index contributed by atoms with van der Waals surface area (Å²) in [6.45, 7) is 2.94. The molecule has 32 heavy (non-hydrogen) atoms. The Morgan fingerprint density at radius 3 is 1.88 bits per heavy atom. The van der Waals surface area contributed by atoms with Gasteiger partial charge in [-0.25, -0.2) is 4.79 Å². The number of hydrogen-bond acceptors (Lipinski definition) is 3. The van der Waals surface area contributed by atoms with E-state index in [1.165, 1.54) is 89.9 Å². The summed E-state index contributed by atoms with van der Waals surface area (Å²) in [5.74, 6) is 0.507. The van der Waals surface area contributed by atoms with Crippen LogP contribution in [0.25, 0.3) is 10.9 Å². The highest BCUT2D eigenvalue weighted by molar-refractivity contribution is 5.86. The molecule has 1 aromatic carbocycles. The highest BCUT2D eigenvalue weighted by Gasteiger charge is 2.08. The van der Waals surface area contributed by atoms with E-state index in [0.717, 1.165) is 18.2 Å². The van der Waals surface area contributed by atoms with Crippen LogP contribution in [0, 0.1) is 0 Å². The van der Waals surface area contributed by atoms with Crippen molar-refractivity contribution in [2.24, 2.45) is 0 Å². The molecule has 1 heterocycles. The molecule has 1 aromatic heterocycles. The summed E-state index contributed by atoms with van der Waals surface area (Å²) >= 11 is 0. The normalized spacial score (nSPS) is 11.0. The van der Waals surface area contributed by atoms with Crippen LogP contribution in [-0.4, -0.2) is 17.6 Å². The maximum atomic E-state index is 12.1. The van der Waals surface area contributed by atoms with Gasteiger partial charge in [-0.1, -0.05) is 121 Å². The van der Waals surface area contributed by atoms with E-state index in [1.54, 1.807) is 12.3 Å². The number of unbranched alkanes of at least 4 members (excludes halogenated alkanes) is 15. The predicted octanol–water partition coefficient (Wildman–Crippen LogP) is 8.58. The highest BCUT2D eigenvalue weighted by atomic mass is 16.6. The average Bonchev–Trinajstić information content (AvgIpc) is 2.81. The van der Waals surface area contributed by atoms with E-state index in [0.29, 0.717) is 17.8 Å². The lowest BCUT2D eigenvalue weighted by Gasteiger charge is -2.08. The maximum Gasteiger partial charge on any atom is 0.412 e. The van der Waals surface area contributed by atoms with E-state index < -0.39 is 6.09 Å². The fraction of sp³-hybridized carbons (Fsp3) is 0.643. The van der Waals surface area contributed by atoms with E-state index in [-0.39, 0.29) is 0 Å². The molecule has 0 atom stereocenters. The van der Waals surface area contributed by atoms with Crippen LogP contribution in [0.2, 0.25) is 0 Å². The van der Waals surface area contributed by atoms with Gasteiger partial charge in [0.2, 0.25) is 0 Å². The zero-order valence-electron chi connectivity index (χ0n) is 20.2. The molecule has 4 heteroatoms. The molecule has 178 valence electrons. The van der Waals surface area contributed by atoms with E-state index in [1.807, 2.05) is 24.3 Å². The van der Waals surface area contributed by atoms with Gasteiger partial charge in [0.15, 0.2) is 5.75 Å². The topological polar surface area (TPSA) is 51.2 Å². The molecule has 0 fully saturated rings. The lowest BCUT2D eigenvalue weighted by Crippen LogP contribution is -2.27. The molecule has 0 aliphatic rings. The van der Waals surface area contributed by atoms with Crippen LogP contribution >= 0.6 is 0 Å². The standard InChI is InChI=1S/C28H44N2O2/c1-2-3-4-5-6-7-8-9-10-11-12-13-14-15-16-17-23-30-28(31)32-26-22-18-20-25-21-19-24-29-27(25)26/h18-22,24H,2-17,23H2,1H3,(H,30,31). The average molecular weight is 441 g/mol. The summed E-state index contributed by atoms with van der Waals surface area (Å²) in [7, 11) is 0. The van der Waals surface area contributed by atoms with Crippen molar-refractivity contribution in [3.8, 4) is 5.75 Å². The summed E-state index contributed by atoms with van der Waals surface area (Å²) in [4.78, 5) is 16.4. The Hall–Kier alpha value is -2.10. The molecule has 0 aliphatic carbocycles. The number of hydrogen-bond donors (Lipinski definition) is 1. The fourth-order valence-corrected chi connectivity index (χ4v) is 4.16. The van der Waals surface area contributed by atoms with Crippen molar-refractivity contribution in [1.82, 2.24) is 10.3 Å². The quantitative estimate of drug-likeness (QED) is 0.236. The molecule has 1 N–H and O–H groups in total. The van der Waals surface area contributed by atoms with Crippen molar-refractivity contribution in [3.63, 3.8) is 0 Å². The van der Waals surface area contributed by atoms with Gasteiger partial charge in [0.05, 0.1) is 0 Å². The number of aromatic nitrogens is 1. The molecule has 0 spiro atoms. The number of ether oxygens (including phenoxy) is 1. The largest absolute Gasteiger partial charge is 0.412 e. The van der Waals surface area contributed by atoms with Crippen molar-refractivity contribution in [3.05, 3.63) is 36.5 Å². The van der Waals surface area contributed by atoms with Crippen molar-refractivity contribution in [1.29, 1.82) is 0 Å². The predicted molar refractivity (Wildman–Crippen MR) is 135 cm³/mol. The zero-order chi connectivity index (χ0) is 22.7. The van der Waals surface area contributed by atoms with Gasteiger partial charge >= 0.3 is 6.09 Å². The number of carbonyl (C=O) groups is 1. The van der Waals surface area contributed by atoms with Gasteiger partial charge in [-0.15, -0.1) is 0 Å². The SMILES string of the molecule is CCCCCCCCCCCCCCCCCCNC(=O)Oc1cccc2cccnc12. The number of benzene rings is 1. The Morgan fingerprint density at radius 2 is 1.28 bits per heavy atom. The number of fused-ring (bicyclic) bond motifs is 1. The maximum absolute atomic E-state index is 12.1. The zero-order valence-corrected chi connectivity index (χ0v) is 20.2. The van der Waals surface area contributed by atoms with E-state index >= 15 is 0 Å². The van der Waals surface area contributed by atoms with E-state index in [2.05, 4.69) is 17.2 Å². The number of nitrogens with zero attached hydrogens (tertiary/aromatic N) is 1. The number of amides is 1. The van der Waals surface area contributed by atoms with Gasteiger partial charge in [0.1, 0.15) is 5.52 Å². The summed E-state index contributed by atoms with van der Waals surface area (Å²) < 4.78 is 5.44. The van der Waals surface area contributed by atoms with Crippen LogP contribution in [-0.2, 0) is 0 Å². The first-order valence-electron chi connectivity index (χ1n) is 13.1. The second-order valence-corrected chi connectivity index (χ2v) is 8.95. The van der Waals surface area contributed by atoms with Crippen molar-refractivity contribution < 1.29 is 9.53 Å². The molecule has 0 aliphatic heterocycles. The first-order valence-corrected chi connectivity index (χ1v) is 13.1. The Kier molecular flexibility index (Phi) is 14.3. The second kappa shape index (κ2) is 17.5. The highest BCUT2D eigenvalue weighted by Crippen LogP contribution is 2.23. The lowest BCUT2D eigenvalue weighted by atomic mass is 10.0. The third kappa shape index (κ3) is 11.5. The summed E-state index contributed by atoms with van der Waals surface area (Å²) in [6, 6.07) is 9.46. The van der Waals surface area contributed by atoms with E-state index in [4.69, 9.17) is 4.74 Å². The Morgan fingerprint density at radius 1 is 0.750 bits per heavy atom. The Labute approximate surface area is 195 Å². The molecule has 2 rings (SSSR count). The third-order valence-electron chi connectivity index (χ3n) is 6.10. The van der Waals surface area contributed by atoms with Gasteiger partial charge in [0, 0.05) is 18.1 Å². The van der Waals surface area contributed by atoms with Gasteiger partial charge in [-0.3, -0.25) is 4.98 Å². The summed E-state index contributed by atoms with van der Waals surface area (Å²) in [6.07, 6.45) is 22.9. The molecule has 2 aromatic rings. The van der Waals surface area contributed by atoms with Gasteiger partial charge in [0.25, 0.3) is 0 Å². The molecule has 0 bridgehead atoms. The minimum Gasteiger partial charge on any atom is -0.408 e. The molecule has 0 radical (unpaired) electrons. The fourth-order valence-electron chi connectivity index (χ4n) is 4.16. The van der Waals surface area contributed by atoms with Gasteiger partial charge in [-0.05, 0) is 18.6 Å². The number of para-hydroxylation sites is 1. The second-order valence-electron chi connectivity index (χ2n) is 8.95. The minimum absolute atomic E-state index is 0.399. The Bertz CT molecular complexity index is 742. The Balaban J connectivity index is 1.37. The molecule has 0 saturated carbocycles. The molecule has 0 saturated heterocycles. The van der Waals surface area contributed by atoms with Crippen molar-refractivity contribution in [2.75, 3.05) is 6.54 Å². The summed E-state index contributed by atoms with van der Waals surface area (Å²) in [5, 5.41) is 3.82. The van der Waals surface area contributed by atoms with Crippen molar-refractivity contribution >= 4 is 17.0 Å². The van der Waals surface area contributed by atoms with E-state index in [9.17, 15) is 4.79 Å². The van der Waals surface area contributed by atoms with Crippen LogP contribution in [0.3, 0.4) is 0 Å². The summed E-state index contributed by atoms with van der Waals surface area (Å²) in [5.41, 5.74) is 0.715. The van der Waals surface area contributed by atoms with Gasteiger partial charge < -0.3 is 10.1 Å². The molecular formula is C28H44N2O2. The van der Waals surface area contributed by atoms with Crippen LogP contribution in [0.1, 0.15) is 110 Å². The molecule has 0 unspecified atom stereocenters. The number of carbonyl (C=O) groups excluding carboxylic acids is 1. The minimum atomic E-state index is -0.399. The van der Waals surface area contributed by atoms with Crippen molar-refractivity contribution in [2.45, 2.75) is 110 Å². The monoisotopic (exact) mass is 440 g/mol. The first-order chi connectivity index (χ1) is 15.8. The van der Waals surface area contributed by atoms with Crippen LogP contribution < -0.4 is 10.1 Å². The number of nitrogens with one attached hydrogen (secondary N) is 1. The first kappa shape index (κ1) is 26.2. The lowest BCUT2D eigenvalue weighted by molar-refractivity contribution is 0.200. The third-order valence-corrected chi connectivity index (χ3v) is 6.10. The molecular weight excluding hydrogens is 396 g/mol. The van der Waals surface area contributed by atoms with Crippen LogP contribution in [0.5, 0.6) is 5.75 Å². The van der Waals surface area contributed by atoms with Crippen LogP contribution in [0.15, 0.2) is 36.5 Å². The number of pyridine rings is 1. The molecule has 1 amide bonds. The number of rotatable bonds is 18.